The highest BCUT2D eigenvalue weighted by Crippen LogP contribution is 2.35. The van der Waals surface area contributed by atoms with Gasteiger partial charge in [-0.25, -0.2) is 0 Å². The average Bonchev–Trinajstić information content (AvgIpc) is 2.15. The summed E-state index contributed by atoms with van der Waals surface area (Å²) in [5, 5.41) is 0. The minimum atomic E-state index is -4.41. The average molecular weight is 230 g/mol. The lowest BCUT2D eigenvalue weighted by Crippen LogP contribution is -2.24. The Bertz CT molecular complexity index is 437. The van der Waals surface area contributed by atoms with Crippen LogP contribution in [0.3, 0.4) is 0 Å². The fraction of sp³-hybridized carbons (Fsp3) is 0.364. The number of carbonyl (C=O) groups excluding carboxylic acids is 1. The zero-order valence-electron chi connectivity index (χ0n) is 8.47. The highest BCUT2D eigenvalue weighted by molar-refractivity contribution is 5.99. The molecule has 0 radical (unpaired) electrons. The summed E-state index contributed by atoms with van der Waals surface area (Å²) in [5.74, 6) is -0.152. The second kappa shape index (κ2) is 3.50. The number of Topliss-reactive ketones (excluding diaryl/α,β-unsaturated/α-hetero) is 1. The molecule has 0 aliphatic carbocycles. The van der Waals surface area contributed by atoms with Crippen LogP contribution in [0.5, 0.6) is 5.75 Å². The van der Waals surface area contributed by atoms with Crippen molar-refractivity contribution in [2.24, 2.45) is 0 Å². The van der Waals surface area contributed by atoms with E-state index >= 15 is 0 Å². The van der Waals surface area contributed by atoms with E-state index in [0.29, 0.717) is 0 Å². The molecular weight excluding hydrogens is 221 g/mol. The van der Waals surface area contributed by atoms with Gasteiger partial charge in [0.05, 0.1) is 11.1 Å². The van der Waals surface area contributed by atoms with Crippen LogP contribution in [0.4, 0.5) is 13.2 Å². The molecule has 1 aromatic rings. The first-order chi connectivity index (χ1) is 7.38. The molecular formula is C11H9F3O2. The molecule has 16 heavy (non-hydrogen) atoms. The van der Waals surface area contributed by atoms with E-state index in [0.717, 1.165) is 12.1 Å². The van der Waals surface area contributed by atoms with Crippen LogP contribution in [0.2, 0.25) is 0 Å². The van der Waals surface area contributed by atoms with Crippen LogP contribution in [0, 0.1) is 0 Å². The number of halogens is 3. The third-order valence-corrected chi connectivity index (χ3v) is 2.41. The monoisotopic (exact) mass is 230 g/mol. The smallest absolute Gasteiger partial charge is 0.416 e. The maximum atomic E-state index is 12.4. The van der Waals surface area contributed by atoms with Gasteiger partial charge in [0.2, 0.25) is 0 Å². The molecule has 86 valence electrons. The number of ether oxygens (including phenoxy) is 1. The molecule has 2 rings (SSSR count). The summed E-state index contributed by atoms with van der Waals surface area (Å²) in [6.45, 7) is 1.65. The van der Waals surface area contributed by atoms with Gasteiger partial charge >= 0.3 is 6.18 Å². The first-order valence-corrected chi connectivity index (χ1v) is 4.79. The molecule has 0 saturated carbocycles. The first-order valence-electron chi connectivity index (χ1n) is 4.79. The normalized spacial score (nSPS) is 20.2. The van der Waals surface area contributed by atoms with Crippen molar-refractivity contribution in [2.75, 3.05) is 0 Å². The lowest BCUT2D eigenvalue weighted by molar-refractivity contribution is -0.137. The standard InChI is InChI=1S/C11H9F3O2/c1-6-4-9(15)8-3-2-7(11(12,13)14)5-10(8)16-6/h2-3,5-6H,4H2,1H3. The quantitative estimate of drug-likeness (QED) is 0.684. The predicted octanol–water partition coefficient (Wildman–Crippen LogP) is 3.06. The molecule has 1 aromatic carbocycles. The third-order valence-electron chi connectivity index (χ3n) is 2.41. The molecule has 5 heteroatoms. The van der Waals surface area contributed by atoms with E-state index in [9.17, 15) is 18.0 Å². The van der Waals surface area contributed by atoms with E-state index in [4.69, 9.17) is 4.74 Å². The molecule has 0 fully saturated rings. The Labute approximate surface area is 90.0 Å². The van der Waals surface area contributed by atoms with E-state index < -0.39 is 11.7 Å². The highest BCUT2D eigenvalue weighted by Gasteiger charge is 2.33. The van der Waals surface area contributed by atoms with Gasteiger partial charge in [0, 0.05) is 6.42 Å². The molecule has 1 heterocycles. The summed E-state index contributed by atoms with van der Waals surface area (Å²) < 4.78 is 42.5. The summed E-state index contributed by atoms with van der Waals surface area (Å²) in [5.41, 5.74) is -0.570. The van der Waals surface area contributed by atoms with E-state index in [1.165, 1.54) is 6.07 Å². The zero-order valence-corrected chi connectivity index (χ0v) is 8.47. The Morgan fingerprint density at radius 3 is 2.69 bits per heavy atom. The molecule has 0 aromatic heterocycles. The molecule has 0 N–H and O–H groups in total. The summed E-state index contributed by atoms with van der Waals surface area (Å²) in [7, 11) is 0. The number of ketones is 1. The summed E-state index contributed by atoms with van der Waals surface area (Å²) in [4.78, 5) is 11.5. The minimum absolute atomic E-state index is 0.0265. The van der Waals surface area contributed by atoms with E-state index in [2.05, 4.69) is 0 Å². The van der Waals surface area contributed by atoms with E-state index in [-0.39, 0.29) is 29.6 Å². The van der Waals surface area contributed by atoms with Crippen LogP contribution in [-0.4, -0.2) is 11.9 Å². The number of alkyl halides is 3. The topological polar surface area (TPSA) is 26.3 Å². The fourth-order valence-electron chi connectivity index (χ4n) is 1.66. The lowest BCUT2D eigenvalue weighted by Gasteiger charge is -2.23. The molecule has 0 amide bonds. The van der Waals surface area contributed by atoms with Gasteiger partial charge in [-0.15, -0.1) is 0 Å². The molecule has 1 aliphatic heterocycles. The zero-order chi connectivity index (χ0) is 11.9. The SMILES string of the molecule is CC1CC(=O)c2ccc(C(F)(F)F)cc2O1. The molecule has 1 atom stereocenters. The Morgan fingerprint density at radius 2 is 2.06 bits per heavy atom. The van der Waals surface area contributed by atoms with E-state index in [1.54, 1.807) is 6.92 Å². The Kier molecular flexibility index (Phi) is 2.40. The third kappa shape index (κ3) is 1.89. The first kappa shape index (κ1) is 11.0. The van der Waals surface area contributed by atoms with Crippen molar-refractivity contribution in [2.45, 2.75) is 25.6 Å². The highest BCUT2D eigenvalue weighted by atomic mass is 19.4. The number of carbonyl (C=O) groups is 1. The number of rotatable bonds is 0. The Hall–Kier alpha value is -1.52. The Balaban J connectivity index is 2.46. The molecule has 1 unspecified atom stereocenters. The van der Waals surface area contributed by atoms with Crippen LogP contribution in [0.25, 0.3) is 0 Å². The molecule has 2 nitrogen and oxygen atoms in total. The number of benzene rings is 1. The van der Waals surface area contributed by atoms with Gasteiger partial charge in [0.15, 0.2) is 5.78 Å². The van der Waals surface area contributed by atoms with Gasteiger partial charge in [-0.2, -0.15) is 13.2 Å². The van der Waals surface area contributed by atoms with Gasteiger partial charge in [-0.3, -0.25) is 4.79 Å². The molecule has 0 bridgehead atoms. The largest absolute Gasteiger partial charge is 0.489 e. The van der Waals surface area contributed by atoms with Gasteiger partial charge in [0.1, 0.15) is 11.9 Å². The number of fused-ring (bicyclic) bond motifs is 1. The van der Waals surface area contributed by atoms with Crippen LogP contribution in [0.15, 0.2) is 18.2 Å². The van der Waals surface area contributed by atoms with Crippen molar-refractivity contribution in [1.29, 1.82) is 0 Å². The second-order valence-corrected chi connectivity index (χ2v) is 3.76. The summed E-state index contributed by atoms with van der Waals surface area (Å²) >= 11 is 0. The van der Waals surface area contributed by atoms with Gasteiger partial charge in [-0.1, -0.05) is 0 Å². The van der Waals surface area contributed by atoms with Gasteiger partial charge < -0.3 is 4.74 Å². The van der Waals surface area contributed by atoms with Crippen molar-refractivity contribution in [3.05, 3.63) is 29.3 Å². The van der Waals surface area contributed by atoms with Crippen LogP contribution in [0.1, 0.15) is 29.3 Å². The van der Waals surface area contributed by atoms with Crippen LogP contribution < -0.4 is 4.74 Å². The van der Waals surface area contributed by atoms with E-state index in [1.807, 2.05) is 0 Å². The fourth-order valence-corrected chi connectivity index (χ4v) is 1.66. The summed E-state index contributed by atoms with van der Waals surface area (Å²) in [6.07, 6.45) is -4.58. The van der Waals surface area contributed by atoms with Crippen molar-refractivity contribution < 1.29 is 22.7 Å². The number of hydrogen-bond donors (Lipinski definition) is 0. The van der Waals surface area contributed by atoms with Crippen molar-refractivity contribution in [3.63, 3.8) is 0 Å². The van der Waals surface area contributed by atoms with Crippen molar-refractivity contribution in [3.8, 4) is 5.75 Å². The number of hydrogen-bond acceptors (Lipinski definition) is 2. The van der Waals surface area contributed by atoms with Crippen molar-refractivity contribution in [1.82, 2.24) is 0 Å². The van der Waals surface area contributed by atoms with Gasteiger partial charge in [0.25, 0.3) is 0 Å². The molecule has 0 saturated heterocycles. The second-order valence-electron chi connectivity index (χ2n) is 3.76. The summed E-state index contributed by atoms with van der Waals surface area (Å²) in [6, 6.07) is 2.95. The predicted molar refractivity (Wildman–Crippen MR) is 50.5 cm³/mol. The van der Waals surface area contributed by atoms with Crippen molar-refractivity contribution >= 4 is 5.78 Å². The lowest BCUT2D eigenvalue weighted by atomic mass is 9.99. The Morgan fingerprint density at radius 1 is 1.38 bits per heavy atom. The maximum absolute atomic E-state index is 12.4. The van der Waals surface area contributed by atoms with Gasteiger partial charge in [-0.05, 0) is 25.1 Å². The molecule has 0 spiro atoms. The minimum Gasteiger partial charge on any atom is -0.489 e. The maximum Gasteiger partial charge on any atom is 0.416 e. The molecule has 1 aliphatic rings. The van der Waals surface area contributed by atoms with Crippen LogP contribution in [-0.2, 0) is 6.18 Å². The van der Waals surface area contributed by atoms with Crippen LogP contribution >= 0.6 is 0 Å².